The Hall–Kier alpha value is -0.770. The van der Waals surface area contributed by atoms with Crippen LogP contribution >= 0.6 is 0 Å². The Labute approximate surface area is 163 Å². The van der Waals surface area contributed by atoms with Crippen LogP contribution in [-0.4, -0.2) is 16.9 Å². The molecule has 4 nitrogen and oxygen atoms in total. The van der Waals surface area contributed by atoms with Crippen molar-refractivity contribution in [1.82, 2.24) is 16.1 Å². The summed E-state index contributed by atoms with van der Waals surface area (Å²) in [7, 11) is 0. The Kier molecular flexibility index (Phi) is 13.7. The van der Waals surface area contributed by atoms with Crippen LogP contribution in [0, 0.1) is 0 Å². The van der Waals surface area contributed by atoms with E-state index < -0.39 is 0 Å². The molecule has 26 heavy (non-hydrogen) atoms. The molecule has 1 atom stereocenters. The Morgan fingerprint density at radius 1 is 0.731 bits per heavy atom. The van der Waals surface area contributed by atoms with Crippen molar-refractivity contribution in [3.8, 4) is 0 Å². The van der Waals surface area contributed by atoms with E-state index in [2.05, 4.69) is 42.0 Å². The number of rotatable bonds is 18. The number of hydrazine groups is 2. The Morgan fingerprint density at radius 3 is 1.58 bits per heavy atom. The third kappa shape index (κ3) is 10.4. The number of hydrazone groups is 1. The normalized spacial score (nSPS) is 16.0. The lowest BCUT2D eigenvalue weighted by molar-refractivity contribution is 0.115. The summed E-state index contributed by atoms with van der Waals surface area (Å²) in [6.45, 7) is 6.88. The van der Waals surface area contributed by atoms with Crippen LogP contribution in [-0.2, 0) is 0 Å². The first kappa shape index (κ1) is 23.3. The molecule has 1 aliphatic heterocycles. The topological polar surface area (TPSA) is 39.7 Å². The van der Waals surface area contributed by atoms with Crippen LogP contribution in [0.4, 0.5) is 0 Å². The fraction of sp³-hybridized carbons (Fsp3) is 0.955. The molecule has 0 aromatic rings. The summed E-state index contributed by atoms with van der Waals surface area (Å²) in [6.07, 6.45) is 25.6. The van der Waals surface area contributed by atoms with Crippen LogP contribution in [0.25, 0.3) is 0 Å². The van der Waals surface area contributed by atoms with Gasteiger partial charge in [0.25, 0.3) is 0 Å². The second-order valence-electron chi connectivity index (χ2n) is 8.39. The third-order valence-electron chi connectivity index (χ3n) is 6.07. The van der Waals surface area contributed by atoms with Gasteiger partial charge in [-0.1, -0.05) is 110 Å². The van der Waals surface area contributed by atoms with E-state index in [1.807, 2.05) is 6.34 Å². The van der Waals surface area contributed by atoms with Crippen molar-refractivity contribution in [1.29, 1.82) is 0 Å². The van der Waals surface area contributed by atoms with Gasteiger partial charge in [0.15, 0.2) is 0 Å². The van der Waals surface area contributed by atoms with E-state index in [0.29, 0.717) is 0 Å². The van der Waals surface area contributed by atoms with Crippen LogP contribution in [0.3, 0.4) is 0 Å². The van der Waals surface area contributed by atoms with Gasteiger partial charge < -0.3 is 0 Å². The average molecular weight is 367 g/mol. The summed E-state index contributed by atoms with van der Waals surface area (Å²) in [4.78, 5) is 0. The molecule has 4 heteroatoms. The summed E-state index contributed by atoms with van der Waals surface area (Å²) >= 11 is 0. The summed E-state index contributed by atoms with van der Waals surface area (Å²) < 4.78 is 0. The molecule has 0 saturated carbocycles. The lowest BCUT2D eigenvalue weighted by Gasteiger charge is -2.36. The Morgan fingerprint density at radius 2 is 1.19 bits per heavy atom. The van der Waals surface area contributed by atoms with Crippen LogP contribution in [0.15, 0.2) is 5.10 Å². The fourth-order valence-corrected chi connectivity index (χ4v) is 3.82. The minimum atomic E-state index is 0.170. The standard InChI is InChI=1S/C22H46N4/c1-4-6-7-8-9-10-11-12-13-14-15-16-17-18-19-20-22(3,5-2)26-21-23-24-25-26/h21,24-25H,4-20H2,1-3H3. The highest BCUT2D eigenvalue weighted by Gasteiger charge is 2.29. The van der Waals surface area contributed by atoms with E-state index in [-0.39, 0.29) is 5.54 Å². The molecule has 0 aromatic heterocycles. The van der Waals surface area contributed by atoms with Gasteiger partial charge in [-0.25, -0.2) is 5.53 Å². The van der Waals surface area contributed by atoms with Gasteiger partial charge in [0.05, 0.1) is 5.54 Å². The SMILES string of the molecule is CCCCCCCCCCCCCCCCCC(C)(CC)N1C=NNN1. The second-order valence-corrected chi connectivity index (χ2v) is 8.39. The quantitative estimate of drug-likeness (QED) is 0.266. The summed E-state index contributed by atoms with van der Waals surface area (Å²) in [5.41, 5.74) is 6.09. The second kappa shape index (κ2) is 15.3. The van der Waals surface area contributed by atoms with Gasteiger partial charge in [-0.05, 0) is 19.8 Å². The van der Waals surface area contributed by atoms with Crippen molar-refractivity contribution in [3.63, 3.8) is 0 Å². The van der Waals surface area contributed by atoms with Gasteiger partial charge >= 0.3 is 0 Å². The van der Waals surface area contributed by atoms with Gasteiger partial charge in [-0.2, -0.15) is 5.10 Å². The van der Waals surface area contributed by atoms with E-state index in [4.69, 9.17) is 0 Å². The first-order chi connectivity index (χ1) is 12.7. The highest BCUT2D eigenvalue weighted by Crippen LogP contribution is 2.25. The average Bonchev–Trinajstić information content (AvgIpc) is 3.20. The van der Waals surface area contributed by atoms with E-state index in [1.54, 1.807) is 0 Å². The van der Waals surface area contributed by atoms with Gasteiger partial charge in [0.1, 0.15) is 6.34 Å². The van der Waals surface area contributed by atoms with Crippen molar-refractivity contribution in [2.24, 2.45) is 5.10 Å². The highest BCUT2D eigenvalue weighted by atomic mass is 15.8. The molecule has 0 aromatic carbocycles. The molecule has 0 amide bonds. The summed E-state index contributed by atoms with van der Waals surface area (Å²) in [6, 6.07) is 0. The van der Waals surface area contributed by atoms with Crippen molar-refractivity contribution >= 4 is 6.34 Å². The van der Waals surface area contributed by atoms with Gasteiger partial charge in [-0.3, -0.25) is 5.01 Å². The highest BCUT2D eigenvalue weighted by molar-refractivity contribution is 5.56. The zero-order valence-electron chi connectivity index (χ0n) is 18.0. The Bertz CT molecular complexity index is 345. The smallest absolute Gasteiger partial charge is 0.129 e. The van der Waals surface area contributed by atoms with Gasteiger partial charge in [0.2, 0.25) is 0 Å². The van der Waals surface area contributed by atoms with Crippen LogP contribution in [0.5, 0.6) is 0 Å². The predicted octanol–water partition coefficient (Wildman–Crippen LogP) is 6.68. The number of nitrogens with zero attached hydrogens (tertiary/aromatic N) is 2. The maximum Gasteiger partial charge on any atom is 0.129 e. The summed E-state index contributed by atoms with van der Waals surface area (Å²) in [5, 5.41) is 6.16. The zero-order chi connectivity index (χ0) is 18.9. The molecule has 0 bridgehead atoms. The fourth-order valence-electron chi connectivity index (χ4n) is 3.82. The first-order valence-electron chi connectivity index (χ1n) is 11.6. The van der Waals surface area contributed by atoms with Crippen molar-refractivity contribution in [3.05, 3.63) is 0 Å². The molecule has 2 N–H and O–H groups in total. The molecule has 0 spiro atoms. The third-order valence-corrected chi connectivity index (χ3v) is 6.07. The minimum absolute atomic E-state index is 0.170. The molecular weight excluding hydrogens is 320 g/mol. The zero-order valence-corrected chi connectivity index (χ0v) is 18.0. The monoisotopic (exact) mass is 366 g/mol. The van der Waals surface area contributed by atoms with E-state index in [1.165, 1.54) is 103 Å². The molecule has 0 radical (unpaired) electrons. The lowest BCUT2D eigenvalue weighted by Crippen LogP contribution is -2.52. The predicted molar refractivity (Wildman–Crippen MR) is 115 cm³/mol. The molecular formula is C22H46N4. The maximum absolute atomic E-state index is 4.04. The largest absolute Gasteiger partial charge is 0.272 e. The van der Waals surface area contributed by atoms with E-state index >= 15 is 0 Å². The molecule has 0 aliphatic carbocycles. The Balaban J connectivity index is 1.84. The van der Waals surface area contributed by atoms with Crippen LogP contribution in [0.1, 0.15) is 130 Å². The number of nitrogens with one attached hydrogen (secondary N) is 2. The molecule has 154 valence electrons. The van der Waals surface area contributed by atoms with E-state index in [9.17, 15) is 0 Å². The van der Waals surface area contributed by atoms with E-state index in [0.717, 1.165) is 6.42 Å². The van der Waals surface area contributed by atoms with Crippen LogP contribution in [0.2, 0.25) is 0 Å². The number of unbranched alkanes of at least 4 members (excludes halogenated alkanes) is 14. The number of hydrogen-bond acceptors (Lipinski definition) is 4. The van der Waals surface area contributed by atoms with Gasteiger partial charge in [-0.15, -0.1) is 5.53 Å². The van der Waals surface area contributed by atoms with Gasteiger partial charge in [0, 0.05) is 0 Å². The molecule has 1 aliphatic rings. The molecule has 0 fully saturated rings. The molecule has 1 rings (SSSR count). The number of hydrogen-bond donors (Lipinski definition) is 2. The summed E-state index contributed by atoms with van der Waals surface area (Å²) in [5.74, 6) is 0. The van der Waals surface area contributed by atoms with Crippen molar-refractivity contribution in [2.45, 2.75) is 135 Å². The van der Waals surface area contributed by atoms with Crippen molar-refractivity contribution in [2.75, 3.05) is 0 Å². The van der Waals surface area contributed by atoms with Crippen molar-refractivity contribution < 1.29 is 0 Å². The lowest BCUT2D eigenvalue weighted by atomic mass is 9.90. The molecule has 1 heterocycles. The maximum atomic E-state index is 4.04. The van der Waals surface area contributed by atoms with Crippen LogP contribution < -0.4 is 11.1 Å². The first-order valence-corrected chi connectivity index (χ1v) is 11.6. The minimum Gasteiger partial charge on any atom is -0.272 e. The molecule has 1 unspecified atom stereocenters. The molecule has 0 saturated heterocycles.